The first-order valence-electron chi connectivity index (χ1n) is 14.1. The van der Waals surface area contributed by atoms with Crippen molar-refractivity contribution in [3.05, 3.63) is 50.9 Å². The maximum atomic E-state index is 15.3. The zero-order chi connectivity index (χ0) is 31.1. The van der Waals surface area contributed by atoms with Crippen LogP contribution >= 0.6 is 23.4 Å². The van der Waals surface area contributed by atoms with Crippen molar-refractivity contribution in [1.29, 1.82) is 0 Å². The normalized spacial score (nSPS) is 17.3. The van der Waals surface area contributed by atoms with Crippen LogP contribution in [0.3, 0.4) is 0 Å². The number of benzene rings is 2. The third-order valence-electron chi connectivity index (χ3n) is 7.35. The van der Waals surface area contributed by atoms with Crippen LogP contribution in [0.25, 0.3) is 22.0 Å². The van der Waals surface area contributed by atoms with Crippen LogP contribution in [0.2, 0.25) is 5.02 Å². The zero-order valence-electron chi connectivity index (χ0n) is 24.8. The van der Waals surface area contributed by atoms with Gasteiger partial charge in [0.05, 0.1) is 36.4 Å². The van der Waals surface area contributed by atoms with E-state index < -0.39 is 22.9 Å². The number of aromatic nitrogens is 2. The fourth-order valence-corrected chi connectivity index (χ4v) is 6.87. The second-order valence-electron chi connectivity index (χ2n) is 11.6. The zero-order valence-corrected chi connectivity index (χ0v) is 26.4. The summed E-state index contributed by atoms with van der Waals surface area (Å²) in [6, 6.07) is 3.95. The Hall–Kier alpha value is -2.93. The van der Waals surface area contributed by atoms with Crippen LogP contribution in [0.5, 0.6) is 0 Å². The molecule has 13 heteroatoms. The molecule has 0 aliphatic carbocycles. The van der Waals surface area contributed by atoms with Crippen LogP contribution in [0.4, 0.5) is 19.4 Å². The van der Waals surface area contributed by atoms with Gasteiger partial charge in [0.1, 0.15) is 23.1 Å². The number of methoxy groups -OCH3 is 1. The molecule has 43 heavy (non-hydrogen) atoms. The van der Waals surface area contributed by atoms with Crippen molar-refractivity contribution in [2.45, 2.75) is 50.8 Å². The summed E-state index contributed by atoms with van der Waals surface area (Å²) in [6.45, 7) is 9.98. The standard InChI is InChI=1S/C30H35ClF2N4O5S/c1-17-12-20-25-26(24(17)19-13-21(31)23(33)14-22(19)32)43-16-18(41-11-10-40-5)15-37(25)28(38)34-27(20)35-6-8-36(9-7-35)29(39)42-30(2,3)4/h12-14,18H,6-11,15-16H2,1-5H3/t18-/m0/s1. The van der Waals surface area contributed by atoms with E-state index in [0.29, 0.717) is 66.9 Å². The Kier molecular flexibility index (Phi) is 9.22. The molecular weight excluding hydrogens is 602 g/mol. The first-order chi connectivity index (χ1) is 20.4. The molecule has 2 aromatic carbocycles. The summed E-state index contributed by atoms with van der Waals surface area (Å²) in [7, 11) is 1.59. The lowest BCUT2D eigenvalue weighted by Gasteiger charge is -2.36. The van der Waals surface area contributed by atoms with Gasteiger partial charge in [0.25, 0.3) is 0 Å². The maximum absolute atomic E-state index is 15.3. The summed E-state index contributed by atoms with van der Waals surface area (Å²) < 4.78 is 47.7. The molecule has 1 atom stereocenters. The number of nitrogens with zero attached hydrogens (tertiary/aromatic N) is 4. The maximum Gasteiger partial charge on any atom is 0.410 e. The Morgan fingerprint density at radius 3 is 2.51 bits per heavy atom. The Morgan fingerprint density at radius 1 is 1.12 bits per heavy atom. The van der Waals surface area contributed by atoms with E-state index in [9.17, 15) is 14.0 Å². The number of anilines is 1. The average molecular weight is 637 g/mol. The van der Waals surface area contributed by atoms with Gasteiger partial charge in [-0.3, -0.25) is 4.57 Å². The van der Waals surface area contributed by atoms with E-state index >= 15 is 4.39 Å². The predicted octanol–water partition coefficient (Wildman–Crippen LogP) is 5.50. The van der Waals surface area contributed by atoms with Crippen LogP contribution < -0.4 is 10.6 Å². The number of carbonyl (C=O) groups excluding carboxylic acids is 1. The first-order valence-corrected chi connectivity index (χ1v) is 15.4. The van der Waals surface area contributed by atoms with Crippen LogP contribution in [-0.2, 0) is 20.8 Å². The van der Waals surface area contributed by atoms with Gasteiger partial charge in [0, 0.05) is 66.5 Å². The first kappa shape index (κ1) is 31.5. The predicted molar refractivity (Wildman–Crippen MR) is 163 cm³/mol. The van der Waals surface area contributed by atoms with Gasteiger partial charge in [-0.25, -0.2) is 18.4 Å². The molecule has 0 saturated carbocycles. The van der Waals surface area contributed by atoms with Gasteiger partial charge in [-0.1, -0.05) is 11.6 Å². The van der Waals surface area contributed by atoms with Crippen LogP contribution in [0, 0.1) is 18.6 Å². The van der Waals surface area contributed by atoms with Crippen molar-refractivity contribution in [3.63, 3.8) is 0 Å². The van der Waals surface area contributed by atoms with Gasteiger partial charge in [-0.05, 0) is 45.4 Å². The molecule has 0 unspecified atom stereocenters. The smallest absolute Gasteiger partial charge is 0.410 e. The van der Waals surface area contributed by atoms with Gasteiger partial charge in [0.15, 0.2) is 0 Å². The van der Waals surface area contributed by atoms with Gasteiger partial charge in [-0.15, -0.1) is 11.8 Å². The summed E-state index contributed by atoms with van der Waals surface area (Å²) in [4.78, 5) is 35.1. The average Bonchev–Trinajstić information content (AvgIpc) is 3.13. The minimum absolute atomic E-state index is 0.149. The molecule has 0 spiro atoms. The van der Waals surface area contributed by atoms with E-state index in [1.807, 2.05) is 38.7 Å². The highest BCUT2D eigenvalue weighted by Gasteiger charge is 2.31. The van der Waals surface area contributed by atoms with Crippen molar-refractivity contribution in [1.82, 2.24) is 14.5 Å². The van der Waals surface area contributed by atoms with Crippen molar-refractivity contribution >= 4 is 46.2 Å². The summed E-state index contributed by atoms with van der Waals surface area (Å²) in [5.41, 5.74) is 0.938. The van der Waals surface area contributed by atoms with Gasteiger partial charge < -0.3 is 24.0 Å². The topological polar surface area (TPSA) is 86.1 Å². The second kappa shape index (κ2) is 12.6. The number of aryl methyl sites for hydroxylation is 1. The number of hydrogen-bond donors (Lipinski definition) is 0. The Morgan fingerprint density at radius 2 is 1.84 bits per heavy atom. The van der Waals surface area contributed by atoms with Crippen molar-refractivity contribution in [2.24, 2.45) is 0 Å². The van der Waals surface area contributed by atoms with Gasteiger partial charge >= 0.3 is 11.8 Å². The summed E-state index contributed by atoms with van der Waals surface area (Å²) >= 11 is 7.56. The quantitative estimate of drug-likeness (QED) is 0.259. The minimum Gasteiger partial charge on any atom is -0.444 e. The SMILES string of the molecule is COCCO[C@@H]1CSc2c(-c3cc(Cl)c(F)cc3F)c(C)cc3c(N4CCN(C(=O)OC(C)(C)C)CC4)nc(=O)n(c23)C1. The molecule has 232 valence electrons. The Bertz CT molecular complexity index is 1600. The third kappa shape index (κ3) is 6.62. The van der Waals surface area contributed by atoms with Gasteiger partial charge in [-0.2, -0.15) is 4.98 Å². The second-order valence-corrected chi connectivity index (χ2v) is 13.1. The van der Waals surface area contributed by atoms with Crippen LogP contribution in [0.1, 0.15) is 26.3 Å². The number of rotatable bonds is 6. The fourth-order valence-electron chi connectivity index (χ4n) is 5.38. The number of halogens is 3. The largest absolute Gasteiger partial charge is 0.444 e. The number of thioether (sulfide) groups is 1. The van der Waals surface area contributed by atoms with E-state index in [-0.39, 0.29) is 29.3 Å². The molecule has 1 fully saturated rings. The van der Waals surface area contributed by atoms with Gasteiger partial charge in [0.2, 0.25) is 0 Å². The molecule has 0 bridgehead atoms. The molecule has 1 aromatic heterocycles. The summed E-state index contributed by atoms with van der Waals surface area (Å²) in [5.74, 6) is -0.621. The fraction of sp³-hybridized carbons (Fsp3) is 0.500. The lowest BCUT2D eigenvalue weighted by Crippen LogP contribution is -2.50. The molecule has 1 amide bonds. The highest BCUT2D eigenvalue weighted by molar-refractivity contribution is 7.99. The summed E-state index contributed by atoms with van der Waals surface area (Å²) in [5, 5.41) is 0.526. The summed E-state index contributed by atoms with van der Waals surface area (Å²) in [6.07, 6.45) is -0.724. The molecule has 0 radical (unpaired) electrons. The van der Waals surface area contributed by atoms with Crippen LogP contribution in [0.15, 0.2) is 27.9 Å². The number of hydrogen-bond acceptors (Lipinski definition) is 8. The minimum atomic E-state index is -0.847. The molecule has 3 aromatic rings. The lowest BCUT2D eigenvalue weighted by atomic mass is 9.97. The molecule has 2 aliphatic heterocycles. The Labute approximate surface area is 258 Å². The molecule has 2 aliphatic rings. The van der Waals surface area contributed by atoms with E-state index in [1.54, 1.807) is 16.6 Å². The highest BCUT2D eigenvalue weighted by atomic mass is 35.5. The van der Waals surface area contributed by atoms with Crippen molar-refractivity contribution in [3.8, 4) is 11.1 Å². The monoisotopic (exact) mass is 636 g/mol. The molecule has 9 nitrogen and oxygen atoms in total. The lowest BCUT2D eigenvalue weighted by molar-refractivity contribution is 0.0211. The van der Waals surface area contributed by atoms with Crippen molar-refractivity contribution < 1.29 is 27.8 Å². The van der Waals surface area contributed by atoms with E-state index in [4.69, 9.17) is 25.8 Å². The number of piperazine rings is 1. The number of ether oxygens (including phenoxy) is 3. The number of carbonyl (C=O) groups is 1. The highest BCUT2D eigenvalue weighted by Crippen LogP contribution is 2.45. The number of amides is 1. The Balaban J connectivity index is 1.61. The van der Waals surface area contributed by atoms with E-state index in [2.05, 4.69) is 4.98 Å². The molecule has 1 saturated heterocycles. The molecule has 3 heterocycles. The van der Waals surface area contributed by atoms with Crippen molar-refractivity contribution in [2.75, 3.05) is 57.2 Å². The van der Waals surface area contributed by atoms with Crippen LogP contribution in [-0.4, -0.2) is 84.5 Å². The third-order valence-corrected chi connectivity index (χ3v) is 8.86. The molecular formula is C30H35ClF2N4O5S. The van der Waals surface area contributed by atoms with E-state index in [0.717, 1.165) is 17.0 Å². The van der Waals surface area contributed by atoms with E-state index in [1.165, 1.54) is 17.8 Å². The molecule has 0 N–H and O–H groups in total. The molecule has 5 rings (SSSR count).